The predicted molar refractivity (Wildman–Crippen MR) is 74.3 cm³/mol. The molecule has 2 rings (SSSR count). The van der Waals surface area contributed by atoms with Gasteiger partial charge in [0.05, 0.1) is 5.56 Å². The van der Waals surface area contributed by atoms with Gasteiger partial charge in [-0.25, -0.2) is 4.39 Å². The Kier molecular flexibility index (Phi) is 4.55. The van der Waals surface area contributed by atoms with E-state index >= 15 is 0 Å². The molecule has 0 saturated carbocycles. The van der Waals surface area contributed by atoms with Crippen LogP contribution in [0.25, 0.3) is 0 Å². The molecule has 1 aromatic rings. The van der Waals surface area contributed by atoms with Crippen molar-refractivity contribution >= 4 is 11.6 Å². The number of allylic oxidation sites excluding steroid dienone is 1. The van der Waals surface area contributed by atoms with Crippen molar-refractivity contribution in [3.63, 3.8) is 0 Å². The summed E-state index contributed by atoms with van der Waals surface area (Å²) in [7, 11) is 0. The molecule has 1 aromatic carbocycles. The van der Waals surface area contributed by atoms with E-state index in [4.69, 9.17) is 5.73 Å². The average molecular weight is 262 g/mol. The van der Waals surface area contributed by atoms with Crippen molar-refractivity contribution in [1.82, 2.24) is 5.32 Å². The summed E-state index contributed by atoms with van der Waals surface area (Å²) in [6.07, 6.45) is 7.93. The summed E-state index contributed by atoms with van der Waals surface area (Å²) in [6.45, 7) is 0.599. The number of nitrogen functional groups attached to an aromatic ring is 1. The van der Waals surface area contributed by atoms with Gasteiger partial charge in [0.1, 0.15) is 5.82 Å². The number of carbonyl (C=O) groups excluding carboxylic acids is 1. The summed E-state index contributed by atoms with van der Waals surface area (Å²) in [5, 5.41) is 2.82. The van der Waals surface area contributed by atoms with Gasteiger partial charge in [-0.1, -0.05) is 11.6 Å². The van der Waals surface area contributed by atoms with Crippen LogP contribution in [0.1, 0.15) is 42.5 Å². The normalized spacial score (nSPS) is 14.9. The zero-order valence-corrected chi connectivity index (χ0v) is 10.9. The van der Waals surface area contributed by atoms with Crippen LogP contribution in [0.3, 0.4) is 0 Å². The van der Waals surface area contributed by atoms with Gasteiger partial charge in [-0.05, 0) is 50.3 Å². The lowest BCUT2D eigenvalue weighted by Crippen LogP contribution is -2.25. The molecule has 0 aliphatic heterocycles. The van der Waals surface area contributed by atoms with E-state index in [1.165, 1.54) is 36.6 Å². The number of nitrogens with two attached hydrogens (primary N) is 1. The molecule has 0 bridgehead atoms. The summed E-state index contributed by atoms with van der Waals surface area (Å²) >= 11 is 0. The van der Waals surface area contributed by atoms with Gasteiger partial charge in [-0.2, -0.15) is 0 Å². The molecule has 1 aliphatic rings. The molecule has 3 N–H and O–H groups in total. The maximum atomic E-state index is 12.9. The zero-order chi connectivity index (χ0) is 13.7. The fraction of sp³-hybridized carbons (Fsp3) is 0.400. The van der Waals surface area contributed by atoms with Crippen molar-refractivity contribution in [2.75, 3.05) is 12.3 Å². The van der Waals surface area contributed by atoms with E-state index < -0.39 is 5.82 Å². The highest BCUT2D eigenvalue weighted by Crippen LogP contribution is 2.19. The first-order valence-electron chi connectivity index (χ1n) is 6.68. The molecule has 0 unspecified atom stereocenters. The summed E-state index contributed by atoms with van der Waals surface area (Å²) in [5.74, 6) is -0.671. The van der Waals surface area contributed by atoms with E-state index in [0.29, 0.717) is 12.1 Å². The van der Waals surface area contributed by atoms with Crippen LogP contribution < -0.4 is 11.1 Å². The molecular weight excluding hydrogens is 243 g/mol. The third-order valence-electron chi connectivity index (χ3n) is 3.37. The second-order valence-corrected chi connectivity index (χ2v) is 4.85. The second kappa shape index (κ2) is 6.36. The lowest BCUT2D eigenvalue weighted by Gasteiger charge is -2.13. The monoisotopic (exact) mass is 262 g/mol. The summed E-state index contributed by atoms with van der Waals surface area (Å²) in [4.78, 5) is 11.9. The highest BCUT2D eigenvalue weighted by atomic mass is 19.1. The van der Waals surface area contributed by atoms with Crippen LogP contribution in [0.15, 0.2) is 29.8 Å². The first kappa shape index (κ1) is 13.6. The quantitative estimate of drug-likeness (QED) is 0.647. The Morgan fingerprint density at radius 1 is 1.37 bits per heavy atom. The van der Waals surface area contributed by atoms with Gasteiger partial charge >= 0.3 is 0 Å². The van der Waals surface area contributed by atoms with Gasteiger partial charge in [0.2, 0.25) is 0 Å². The second-order valence-electron chi connectivity index (χ2n) is 4.85. The Morgan fingerprint density at radius 2 is 2.21 bits per heavy atom. The molecule has 0 saturated heterocycles. The molecule has 1 amide bonds. The number of benzene rings is 1. The molecule has 0 spiro atoms. The van der Waals surface area contributed by atoms with E-state index in [1.54, 1.807) is 0 Å². The minimum Gasteiger partial charge on any atom is -0.398 e. The van der Waals surface area contributed by atoms with E-state index in [2.05, 4.69) is 11.4 Å². The number of rotatable bonds is 4. The van der Waals surface area contributed by atoms with Crippen molar-refractivity contribution < 1.29 is 9.18 Å². The zero-order valence-electron chi connectivity index (χ0n) is 10.9. The number of halogens is 1. The van der Waals surface area contributed by atoms with Crippen molar-refractivity contribution in [1.29, 1.82) is 0 Å². The summed E-state index contributed by atoms with van der Waals surface area (Å²) in [5.41, 5.74) is 7.55. The van der Waals surface area contributed by atoms with Crippen molar-refractivity contribution in [3.05, 3.63) is 41.2 Å². The van der Waals surface area contributed by atoms with Gasteiger partial charge in [-0.15, -0.1) is 0 Å². The number of nitrogens with one attached hydrogen (secondary N) is 1. The number of hydrogen-bond acceptors (Lipinski definition) is 2. The molecule has 0 aromatic heterocycles. The highest BCUT2D eigenvalue weighted by molar-refractivity contribution is 5.99. The van der Waals surface area contributed by atoms with Gasteiger partial charge in [0.15, 0.2) is 0 Å². The predicted octanol–water partition coefficient (Wildman–Crippen LogP) is 3.03. The highest BCUT2D eigenvalue weighted by Gasteiger charge is 2.10. The molecule has 4 heteroatoms. The lowest BCUT2D eigenvalue weighted by molar-refractivity contribution is 0.0955. The van der Waals surface area contributed by atoms with E-state index in [-0.39, 0.29) is 11.6 Å². The minimum absolute atomic E-state index is 0.175. The average Bonchev–Trinajstić information content (AvgIpc) is 2.39. The Hall–Kier alpha value is -1.84. The van der Waals surface area contributed by atoms with Crippen LogP contribution in [-0.2, 0) is 0 Å². The lowest BCUT2D eigenvalue weighted by atomic mass is 9.97. The third-order valence-corrected chi connectivity index (χ3v) is 3.37. The molecule has 19 heavy (non-hydrogen) atoms. The molecule has 0 atom stereocenters. The number of carbonyl (C=O) groups is 1. The summed E-state index contributed by atoms with van der Waals surface area (Å²) < 4.78 is 12.9. The number of hydrogen-bond donors (Lipinski definition) is 2. The molecule has 102 valence electrons. The van der Waals surface area contributed by atoms with E-state index in [1.807, 2.05) is 0 Å². The molecule has 1 aliphatic carbocycles. The first-order chi connectivity index (χ1) is 9.16. The Balaban J connectivity index is 1.85. The van der Waals surface area contributed by atoms with Gasteiger partial charge in [0.25, 0.3) is 5.91 Å². The number of anilines is 1. The van der Waals surface area contributed by atoms with Crippen molar-refractivity contribution in [3.8, 4) is 0 Å². The van der Waals surface area contributed by atoms with E-state index in [9.17, 15) is 9.18 Å². The van der Waals surface area contributed by atoms with Crippen LogP contribution in [0.2, 0.25) is 0 Å². The van der Waals surface area contributed by atoms with Gasteiger partial charge < -0.3 is 11.1 Å². The van der Waals surface area contributed by atoms with Crippen LogP contribution >= 0.6 is 0 Å². The van der Waals surface area contributed by atoms with Crippen molar-refractivity contribution in [2.45, 2.75) is 32.1 Å². The first-order valence-corrected chi connectivity index (χ1v) is 6.68. The molecule has 3 nitrogen and oxygen atoms in total. The fourth-order valence-corrected chi connectivity index (χ4v) is 2.30. The van der Waals surface area contributed by atoms with Crippen molar-refractivity contribution in [2.24, 2.45) is 0 Å². The topological polar surface area (TPSA) is 55.1 Å². The van der Waals surface area contributed by atoms with Gasteiger partial charge in [0, 0.05) is 12.2 Å². The van der Waals surface area contributed by atoms with Crippen LogP contribution in [0.5, 0.6) is 0 Å². The smallest absolute Gasteiger partial charge is 0.253 e. The fourth-order valence-electron chi connectivity index (χ4n) is 2.30. The standard InChI is InChI=1S/C15H19FN2O/c16-12-6-7-13(14(17)10-12)15(19)18-9-8-11-4-2-1-3-5-11/h4,6-7,10H,1-3,5,8-9,17H2,(H,18,19). The maximum Gasteiger partial charge on any atom is 0.253 e. The maximum absolute atomic E-state index is 12.9. The van der Waals surface area contributed by atoms with Crippen LogP contribution in [0, 0.1) is 5.82 Å². The SMILES string of the molecule is Nc1cc(F)ccc1C(=O)NCCC1=CCCCC1. The Morgan fingerprint density at radius 3 is 2.89 bits per heavy atom. The molecular formula is C15H19FN2O. The molecule has 0 radical (unpaired) electrons. The van der Waals surface area contributed by atoms with Gasteiger partial charge in [-0.3, -0.25) is 4.79 Å². The third kappa shape index (κ3) is 3.81. The van der Waals surface area contributed by atoms with Crippen LogP contribution in [-0.4, -0.2) is 12.5 Å². The van der Waals surface area contributed by atoms with E-state index in [0.717, 1.165) is 19.3 Å². The molecule has 0 heterocycles. The Labute approximate surface area is 112 Å². The largest absolute Gasteiger partial charge is 0.398 e. The number of amides is 1. The summed E-state index contributed by atoms with van der Waals surface area (Å²) in [6, 6.07) is 3.83. The minimum atomic E-state index is -0.429. The molecule has 0 fully saturated rings. The van der Waals surface area contributed by atoms with Crippen LogP contribution in [0.4, 0.5) is 10.1 Å². The Bertz CT molecular complexity index is 497.